The van der Waals surface area contributed by atoms with Gasteiger partial charge >= 0.3 is 0 Å². The van der Waals surface area contributed by atoms with Gasteiger partial charge in [0.25, 0.3) is 0 Å². The molecule has 0 bridgehead atoms. The minimum Gasteiger partial charge on any atom is -0.352 e. The molecule has 0 unspecified atom stereocenters. The first-order chi connectivity index (χ1) is 14.9. The van der Waals surface area contributed by atoms with Crippen LogP contribution in [0.25, 0.3) is 0 Å². The number of benzene rings is 2. The summed E-state index contributed by atoms with van der Waals surface area (Å²) in [6.45, 7) is 4.29. The van der Waals surface area contributed by atoms with Crippen molar-refractivity contribution in [2.75, 3.05) is 5.75 Å². The van der Waals surface area contributed by atoms with Gasteiger partial charge in [0.15, 0.2) is 0 Å². The Kier molecular flexibility index (Phi) is 8.85. The number of thioether (sulfide) groups is 1. The number of hydrogen-bond acceptors (Lipinski definition) is 3. The number of hydrogen-bond donors (Lipinski definition) is 1. The molecule has 0 aromatic heterocycles. The highest BCUT2D eigenvalue weighted by atomic mass is 35.5. The van der Waals surface area contributed by atoms with Gasteiger partial charge in [0, 0.05) is 23.4 Å². The van der Waals surface area contributed by atoms with Gasteiger partial charge in [0.2, 0.25) is 11.8 Å². The molecule has 1 atom stereocenters. The van der Waals surface area contributed by atoms with Crippen molar-refractivity contribution < 1.29 is 9.59 Å². The first kappa shape index (κ1) is 23.7. The van der Waals surface area contributed by atoms with Crippen molar-refractivity contribution in [2.24, 2.45) is 0 Å². The third-order valence-electron chi connectivity index (χ3n) is 5.78. The highest BCUT2D eigenvalue weighted by molar-refractivity contribution is 7.99. The van der Waals surface area contributed by atoms with E-state index in [0.717, 1.165) is 36.8 Å². The Balaban J connectivity index is 1.65. The summed E-state index contributed by atoms with van der Waals surface area (Å²) in [7, 11) is 0. The lowest BCUT2D eigenvalue weighted by Gasteiger charge is -2.29. The van der Waals surface area contributed by atoms with E-state index in [2.05, 4.69) is 5.32 Å². The number of carbonyl (C=O) groups excluding carboxylic acids is 2. The van der Waals surface area contributed by atoms with Crippen LogP contribution in [-0.2, 0) is 21.9 Å². The molecule has 1 N–H and O–H groups in total. The molecular formula is C25H31ClN2O2S. The van der Waals surface area contributed by atoms with Crippen LogP contribution in [0.2, 0.25) is 5.02 Å². The SMILES string of the molecule is Cc1ccc(CN(C(=O)CSCc2ccccc2Cl)[C@H](C)C(=O)NC2CCCC2)cc1. The quantitative estimate of drug-likeness (QED) is 0.550. The summed E-state index contributed by atoms with van der Waals surface area (Å²) in [5.41, 5.74) is 3.21. The van der Waals surface area contributed by atoms with Crippen molar-refractivity contribution in [1.82, 2.24) is 10.2 Å². The number of amides is 2. The third-order valence-corrected chi connectivity index (χ3v) is 7.12. The zero-order valence-electron chi connectivity index (χ0n) is 18.3. The highest BCUT2D eigenvalue weighted by Gasteiger charge is 2.28. The number of nitrogens with zero attached hydrogens (tertiary/aromatic N) is 1. The topological polar surface area (TPSA) is 49.4 Å². The van der Waals surface area contributed by atoms with Gasteiger partial charge in [0.05, 0.1) is 5.75 Å². The summed E-state index contributed by atoms with van der Waals surface area (Å²) in [6, 6.07) is 15.5. The molecule has 0 radical (unpaired) electrons. The molecular weight excluding hydrogens is 428 g/mol. The third kappa shape index (κ3) is 7.01. The van der Waals surface area contributed by atoms with E-state index in [1.807, 2.05) is 62.4 Å². The Morgan fingerprint density at radius 1 is 1.13 bits per heavy atom. The normalized spacial score (nSPS) is 14.9. The highest BCUT2D eigenvalue weighted by Crippen LogP contribution is 2.22. The largest absolute Gasteiger partial charge is 0.352 e. The molecule has 2 aromatic rings. The van der Waals surface area contributed by atoms with Gasteiger partial charge in [-0.15, -0.1) is 11.8 Å². The fourth-order valence-electron chi connectivity index (χ4n) is 3.81. The molecule has 6 heteroatoms. The van der Waals surface area contributed by atoms with E-state index in [-0.39, 0.29) is 17.9 Å². The summed E-state index contributed by atoms with van der Waals surface area (Å²) < 4.78 is 0. The second kappa shape index (κ2) is 11.6. The molecule has 4 nitrogen and oxygen atoms in total. The van der Waals surface area contributed by atoms with Crippen molar-refractivity contribution in [3.05, 3.63) is 70.2 Å². The lowest BCUT2D eigenvalue weighted by Crippen LogP contribution is -2.50. The van der Waals surface area contributed by atoms with Crippen LogP contribution in [-0.4, -0.2) is 34.6 Å². The van der Waals surface area contributed by atoms with Crippen LogP contribution in [0, 0.1) is 6.92 Å². The minimum atomic E-state index is -0.518. The van der Waals surface area contributed by atoms with Gasteiger partial charge in [-0.25, -0.2) is 0 Å². The van der Waals surface area contributed by atoms with E-state index in [1.165, 1.54) is 17.3 Å². The molecule has 1 aliphatic rings. The van der Waals surface area contributed by atoms with Gasteiger partial charge < -0.3 is 10.2 Å². The summed E-state index contributed by atoms with van der Waals surface area (Å²) in [5.74, 6) is 0.861. The Morgan fingerprint density at radius 2 is 1.81 bits per heavy atom. The molecule has 1 aliphatic carbocycles. The van der Waals surface area contributed by atoms with E-state index in [4.69, 9.17) is 11.6 Å². The molecule has 166 valence electrons. The summed E-state index contributed by atoms with van der Waals surface area (Å²) in [6.07, 6.45) is 4.37. The van der Waals surface area contributed by atoms with Crippen molar-refractivity contribution in [1.29, 1.82) is 0 Å². The van der Waals surface area contributed by atoms with Gasteiger partial charge in [-0.3, -0.25) is 9.59 Å². The second-order valence-corrected chi connectivity index (χ2v) is 9.65. The van der Waals surface area contributed by atoms with E-state index >= 15 is 0 Å². The van der Waals surface area contributed by atoms with Crippen LogP contribution >= 0.6 is 23.4 Å². The standard InChI is InChI=1S/C25H31ClN2O2S/c1-18-11-13-20(14-12-18)15-28(19(2)25(30)27-22-8-4-5-9-22)24(29)17-31-16-21-7-3-6-10-23(21)26/h3,6-7,10-14,19,22H,4-5,8-9,15-17H2,1-2H3,(H,27,30)/t19-/m1/s1. The zero-order valence-corrected chi connectivity index (χ0v) is 19.8. The molecule has 0 heterocycles. The molecule has 1 saturated carbocycles. The first-order valence-electron chi connectivity index (χ1n) is 10.9. The average molecular weight is 459 g/mol. The lowest BCUT2D eigenvalue weighted by molar-refractivity contribution is -0.138. The predicted molar refractivity (Wildman–Crippen MR) is 129 cm³/mol. The summed E-state index contributed by atoms with van der Waals surface area (Å²) >= 11 is 7.76. The van der Waals surface area contributed by atoms with Crippen LogP contribution < -0.4 is 5.32 Å². The Bertz CT molecular complexity index is 881. The van der Waals surface area contributed by atoms with Crippen LogP contribution in [0.3, 0.4) is 0 Å². The Hall–Kier alpha value is -1.98. The molecule has 0 aliphatic heterocycles. The number of carbonyl (C=O) groups is 2. The van der Waals surface area contributed by atoms with Crippen LogP contribution in [0.5, 0.6) is 0 Å². The fourth-order valence-corrected chi connectivity index (χ4v) is 5.01. The predicted octanol–water partition coefficient (Wildman–Crippen LogP) is 5.36. The number of halogens is 1. The van der Waals surface area contributed by atoms with Crippen LogP contribution in [0.1, 0.15) is 49.3 Å². The number of rotatable bonds is 9. The molecule has 0 saturated heterocycles. The van der Waals surface area contributed by atoms with E-state index in [9.17, 15) is 9.59 Å². The van der Waals surface area contributed by atoms with Gasteiger partial charge in [-0.05, 0) is 43.9 Å². The van der Waals surface area contributed by atoms with Crippen molar-refractivity contribution in [3.8, 4) is 0 Å². The van der Waals surface area contributed by atoms with Crippen molar-refractivity contribution in [3.63, 3.8) is 0 Å². The number of aryl methyl sites for hydroxylation is 1. The molecule has 31 heavy (non-hydrogen) atoms. The monoisotopic (exact) mass is 458 g/mol. The van der Waals surface area contributed by atoms with Crippen LogP contribution in [0.4, 0.5) is 0 Å². The second-order valence-electron chi connectivity index (χ2n) is 8.26. The lowest BCUT2D eigenvalue weighted by atomic mass is 10.1. The van der Waals surface area contributed by atoms with E-state index < -0.39 is 6.04 Å². The minimum absolute atomic E-state index is 0.0355. The number of nitrogens with one attached hydrogen (secondary N) is 1. The first-order valence-corrected chi connectivity index (χ1v) is 12.4. The molecule has 2 aromatic carbocycles. The van der Waals surface area contributed by atoms with Gasteiger partial charge in [0.1, 0.15) is 6.04 Å². The van der Waals surface area contributed by atoms with Crippen LogP contribution in [0.15, 0.2) is 48.5 Å². The van der Waals surface area contributed by atoms with Crippen molar-refractivity contribution in [2.45, 2.75) is 63.9 Å². The maximum absolute atomic E-state index is 13.2. The average Bonchev–Trinajstić information content (AvgIpc) is 3.27. The maximum atomic E-state index is 13.2. The molecule has 1 fully saturated rings. The van der Waals surface area contributed by atoms with Gasteiger partial charge in [-0.1, -0.05) is 72.5 Å². The Morgan fingerprint density at radius 3 is 2.48 bits per heavy atom. The van der Waals surface area contributed by atoms with E-state index in [1.54, 1.807) is 4.90 Å². The Labute approximate surface area is 194 Å². The summed E-state index contributed by atoms with van der Waals surface area (Å²) in [5, 5.41) is 3.85. The smallest absolute Gasteiger partial charge is 0.242 e. The van der Waals surface area contributed by atoms with E-state index in [0.29, 0.717) is 23.1 Å². The summed E-state index contributed by atoms with van der Waals surface area (Å²) in [4.78, 5) is 27.8. The fraction of sp³-hybridized carbons (Fsp3) is 0.440. The maximum Gasteiger partial charge on any atom is 0.242 e. The van der Waals surface area contributed by atoms with Crippen molar-refractivity contribution >= 4 is 35.2 Å². The molecule has 3 rings (SSSR count). The molecule has 0 spiro atoms. The molecule has 2 amide bonds. The zero-order chi connectivity index (χ0) is 22.2. The van der Waals surface area contributed by atoms with Gasteiger partial charge in [-0.2, -0.15) is 0 Å².